The molecule has 0 aliphatic heterocycles. The fraction of sp³-hybridized carbons (Fsp3) is 0.667. The van der Waals surface area contributed by atoms with Crippen LogP contribution in [0.25, 0.3) is 0 Å². The average Bonchev–Trinajstić information content (AvgIpc) is 2.40. The Kier molecular flexibility index (Phi) is 7.25. The first-order valence-corrected chi connectivity index (χ1v) is 7.95. The van der Waals surface area contributed by atoms with Gasteiger partial charge in [0.05, 0.1) is 6.10 Å². The Morgan fingerprint density at radius 3 is 2.45 bits per heavy atom. The highest BCUT2D eigenvalue weighted by atomic mass is 16.3. The Bertz CT molecular complexity index is 400. The van der Waals surface area contributed by atoms with Gasteiger partial charge in [-0.3, -0.25) is 4.90 Å². The van der Waals surface area contributed by atoms with E-state index < -0.39 is 0 Å². The summed E-state index contributed by atoms with van der Waals surface area (Å²) < 4.78 is 0. The van der Waals surface area contributed by atoms with Gasteiger partial charge in [0.2, 0.25) is 0 Å². The molecule has 1 unspecified atom stereocenters. The van der Waals surface area contributed by atoms with Crippen molar-refractivity contribution in [1.82, 2.24) is 4.90 Å². The quantitative estimate of drug-likeness (QED) is 0.719. The highest BCUT2D eigenvalue weighted by Gasteiger charge is 2.17. The van der Waals surface area contributed by atoms with Gasteiger partial charge in [0.25, 0.3) is 0 Å². The van der Waals surface area contributed by atoms with Crippen molar-refractivity contribution in [3.63, 3.8) is 0 Å². The van der Waals surface area contributed by atoms with Gasteiger partial charge >= 0.3 is 0 Å². The van der Waals surface area contributed by atoms with Crippen molar-refractivity contribution >= 4 is 0 Å². The Morgan fingerprint density at radius 1 is 1.15 bits per heavy atom. The van der Waals surface area contributed by atoms with Crippen LogP contribution in [0.1, 0.15) is 62.8 Å². The molecule has 1 rings (SSSR count). The van der Waals surface area contributed by atoms with Crippen LogP contribution in [0.5, 0.6) is 0 Å². The van der Waals surface area contributed by atoms with Gasteiger partial charge < -0.3 is 5.11 Å². The van der Waals surface area contributed by atoms with Crippen molar-refractivity contribution in [2.75, 3.05) is 13.1 Å². The fourth-order valence-corrected chi connectivity index (χ4v) is 2.56. The molecule has 0 aliphatic carbocycles. The summed E-state index contributed by atoms with van der Waals surface area (Å²) in [4.78, 5) is 2.39. The molecule has 0 saturated carbocycles. The van der Waals surface area contributed by atoms with Gasteiger partial charge in [-0.2, -0.15) is 0 Å². The van der Waals surface area contributed by atoms with E-state index in [-0.39, 0.29) is 6.10 Å². The van der Waals surface area contributed by atoms with Crippen molar-refractivity contribution in [3.8, 4) is 0 Å². The van der Waals surface area contributed by atoms with Gasteiger partial charge in [0, 0.05) is 12.6 Å². The summed E-state index contributed by atoms with van der Waals surface area (Å²) in [6.45, 7) is 12.6. The summed E-state index contributed by atoms with van der Waals surface area (Å²) in [7, 11) is 0. The maximum absolute atomic E-state index is 10.6. The molecule has 0 heterocycles. The molecule has 0 aromatic heterocycles. The minimum absolute atomic E-state index is 0.390. The normalized spacial score (nSPS) is 13.2. The summed E-state index contributed by atoms with van der Waals surface area (Å²) >= 11 is 0. The predicted molar refractivity (Wildman–Crippen MR) is 87.1 cm³/mol. The van der Waals surface area contributed by atoms with Crippen LogP contribution in [0.15, 0.2) is 18.2 Å². The minimum Gasteiger partial charge on any atom is -0.387 e. The highest BCUT2D eigenvalue weighted by molar-refractivity contribution is 5.32. The summed E-state index contributed by atoms with van der Waals surface area (Å²) in [5.41, 5.74) is 3.47. The third-order valence-corrected chi connectivity index (χ3v) is 3.98. The maximum Gasteiger partial charge on any atom is 0.0919 e. The Morgan fingerprint density at radius 2 is 1.85 bits per heavy atom. The Labute approximate surface area is 124 Å². The molecule has 0 bridgehead atoms. The lowest BCUT2D eigenvalue weighted by Gasteiger charge is -2.29. The minimum atomic E-state index is -0.390. The monoisotopic (exact) mass is 277 g/mol. The lowest BCUT2D eigenvalue weighted by atomic mass is 10.00. The second kappa shape index (κ2) is 8.43. The number of rotatable bonds is 8. The van der Waals surface area contributed by atoms with Gasteiger partial charge in [-0.25, -0.2) is 0 Å². The number of nitrogens with zero attached hydrogens (tertiary/aromatic N) is 1. The van der Waals surface area contributed by atoms with Crippen LogP contribution in [0, 0.1) is 13.8 Å². The first-order chi connectivity index (χ1) is 9.45. The number of hydrogen-bond donors (Lipinski definition) is 1. The summed E-state index contributed by atoms with van der Waals surface area (Å²) in [5.74, 6) is 0. The van der Waals surface area contributed by atoms with E-state index in [4.69, 9.17) is 0 Å². The molecule has 0 aliphatic rings. The van der Waals surface area contributed by atoms with Crippen molar-refractivity contribution in [3.05, 3.63) is 34.9 Å². The molecule has 0 fully saturated rings. The highest BCUT2D eigenvalue weighted by Crippen LogP contribution is 2.21. The SMILES string of the molecule is CCCCCN(CC(O)c1cc(C)ccc1C)C(C)C. The van der Waals surface area contributed by atoms with Crippen LogP contribution >= 0.6 is 0 Å². The molecule has 0 radical (unpaired) electrons. The first-order valence-electron chi connectivity index (χ1n) is 7.95. The summed E-state index contributed by atoms with van der Waals surface area (Å²) in [5, 5.41) is 10.6. The van der Waals surface area contributed by atoms with Crippen LogP contribution in [0.3, 0.4) is 0 Å². The maximum atomic E-state index is 10.6. The average molecular weight is 277 g/mol. The molecule has 1 aromatic carbocycles. The van der Waals surface area contributed by atoms with Crippen molar-refractivity contribution in [2.45, 2.75) is 66.0 Å². The molecule has 114 valence electrons. The number of aliphatic hydroxyl groups is 1. The zero-order valence-electron chi connectivity index (χ0n) is 13.8. The second-order valence-corrected chi connectivity index (χ2v) is 6.17. The van der Waals surface area contributed by atoms with E-state index in [1.807, 2.05) is 0 Å². The van der Waals surface area contributed by atoms with Crippen LogP contribution in [-0.2, 0) is 0 Å². The van der Waals surface area contributed by atoms with Crippen molar-refractivity contribution in [2.24, 2.45) is 0 Å². The molecule has 2 nitrogen and oxygen atoms in total. The van der Waals surface area contributed by atoms with Gasteiger partial charge in [0.1, 0.15) is 0 Å². The van der Waals surface area contributed by atoms with E-state index in [1.165, 1.54) is 30.4 Å². The van der Waals surface area contributed by atoms with Gasteiger partial charge in [0.15, 0.2) is 0 Å². The lowest BCUT2D eigenvalue weighted by Crippen LogP contribution is -2.35. The largest absolute Gasteiger partial charge is 0.387 e. The molecule has 0 amide bonds. The summed E-state index contributed by atoms with van der Waals surface area (Å²) in [6, 6.07) is 6.80. The number of aryl methyl sites for hydroxylation is 2. The number of unbranched alkanes of at least 4 members (excludes halogenated alkanes) is 2. The van der Waals surface area contributed by atoms with Crippen LogP contribution in [0.2, 0.25) is 0 Å². The fourth-order valence-electron chi connectivity index (χ4n) is 2.56. The van der Waals surface area contributed by atoms with Crippen LogP contribution < -0.4 is 0 Å². The molecule has 1 N–H and O–H groups in total. The molecule has 0 saturated heterocycles. The number of hydrogen-bond acceptors (Lipinski definition) is 2. The molecular formula is C18H31NO. The molecule has 2 heteroatoms. The third-order valence-electron chi connectivity index (χ3n) is 3.98. The van der Waals surface area contributed by atoms with Gasteiger partial charge in [-0.1, -0.05) is 43.5 Å². The van der Waals surface area contributed by atoms with E-state index in [0.29, 0.717) is 6.04 Å². The lowest BCUT2D eigenvalue weighted by molar-refractivity contribution is 0.0938. The Hall–Kier alpha value is -0.860. The zero-order chi connectivity index (χ0) is 15.1. The Balaban J connectivity index is 2.69. The van der Waals surface area contributed by atoms with E-state index in [1.54, 1.807) is 0 Å². The second-order valence-electron chi connectivity index (χ2n) is 6.17. The van der Waals surface area contributed by atoms with Crippen LogP contribution in [0.4, 0.5) is 0 Å². The number of benzene rings is 1. The predicted octanol–water partition coefficient (Wildman–Crippen LogP) is 4.24. The molecule has 20 heavy (non-hydrogen) atoms. The van der Waals surface area contributed by atoms with Crippen molar-refractivity contribution < 1.29 is 5.11 Å². The molecule has 0 spiro atoms. The molecule has 1 aromatic rings. The van der Waals surface area contributed by atoms with Crippen LogP contribution in [-0.4, -0.2) is 29.1 Å². The van der Waals surface area contributed by atoms with Crippen molar-refractivity contribution in [1.29, 1.82) is 0 Å². The van der Waals surface area contributed by atoms with E-state index >= 15 is 0 Å². The molecule has 1 atom stereocenters. The van der Waals surface area contributed by atoms with E-state index in [9.17, 15) is 5.11 Å². The number of aliphatic hydroxyl groups excluding tert-OH is 1. The third kappa shape index (κ3) is 5.26. The smallest absolute Gasteiger partial charge is 0.0919 e. The zero-order valence-corrected chi connectivity index (χ0v) is 13.8. The molecular weight excluding hydrogens is 246 g/mol. The standard InChI is InChI=1S/C18H31NO/c1-6-7-8-11-19(14(2)3)13-18(20)17-12-15(4)9-10-16(17)5/h9-10,12,14,18,20H,6-8,11,13H2,1-5H3. The topological polar surface area (TPSA) is 23.5 Å². The van der Waals surface area contributed by atoms with E-state index in [2.05, 4.69) is 57.7 Å². The van der Waals surface area contributed by atoms with Gasteiger partial charge in [-0.15, -0.1) is 0 Å². The van der Waals surface area contributed by atoms with E-state index in [0.717, 1.165) is 18.7 Å². The summed E-state index contributed by atoms with van der Waals surface area (Å²) in [6.07, 6.45) is 3.33. The van der Waals surface area contributed by atoms with Gasteiger partial charge in [-0.05, 0) is 51.8 Å². The first kappa shape index (κ1) is 17.2.